The van der Waals surface area contributed by atoms with E-state index < -0.39 is 6.10 Å². The van der Waals surface area contributed by atoms with Crippen molar-refractivity contribution in [3.63, 3.8) is 0 Å². The molecule has 21 heavy (non-hydrogen) atoms. The largest absolute Gasteiger partial charge is 0.490 e. The van der Waals surface area contributed by atoms with Gasteiger partial charge in [0.15, 0.2) is 11.5 Å². The molecule has 1 aromatic heterocycles. The van der Waals surface area contributed by atoms with Gasteiger partial charge >= 0.3 is 0 Å². The van der Waals surface area contributed by atoms with Crippen molar-refractivity contribution >= 4 is 11.8 Å². The summed E-state index contributed by atoms with van der Waals surface area (Å²) >= 11 is 1.52. The molecule has 1 aliphatic rings. The fraction of sp³-hybridized carbons (Fsp3) is 0.312. The molecule has 0 saturated carbocycles. The molecular formula is C16H17NO3S. The smallest absolute Gasteiger partial charge is 0.162 e. The number of ether oxygens (including phenoxy) is 2. The van der Waals surface area contributed by atoms with Gasteiger partial charge in [0, 0.05) is 23.1 Å². The highest BCUT2D eigenvalue weighted by molar-refractivity contribution is 7.99. The zero-order valence-electron chi connectivity index (χ0n) is 11.8. The lowest BCUT2D eigenvalue weighted by Gasteiger charge is -2.12. The van der Waals surface area contributed by atoms with Crippen LogP contribution in [-0.4, -0.2) is 23.3 Å². The lowest BCUT2D eigenvalue weighted by Crippen LogP contribution is -1.97. The second-order valence-electron chi connectivity index (χ2n) is 4.83. The minimum atomic E-state index is -0.540. The van der Waals surface area contributed by atoms with Crippen molar-refractivity contribution in [3.05, 3.63) is 42.1 Å². The third kappa shape index (κ3) is 3.31. The maximum Gasteiger partial charge on any atom is 0.162 e. The van der Waals surface area contributed by atoms with Crippen molar-refractivity contribution in [1.82, 2.24) is 4.98 Å². The van der Waals surface area contributed by atoms with Crippen molar-refractivity contribution in [2.24, 2.45) is 0 Å². The second-order valence-corrected chi connectivity index (χ2v) is 5.90. The first-order valence-electron chi connectivity index (χ1n) is 6.94. The average molecular weight is 303 g/mol. The minimum Gasteiger partial charge on any atom is -0.490 e. The maximum absolute atomic E-state index is 9.81. The van der Waals surface area contributed by atoms with Crippen molar-refractivity contribution < 1.29 is 14.6 Å². The van der Waals surface area contributed by atoms with Crippen LogP contribution in [0, 0.1) is 0 Å². The van der Waals surface area contributed by atoms with Crippen molar-refractivity contribution in [3.8, 4) is 11.5 Å². The molecule has 0 spiro atoms. The fourth-order valence-corrected chi connectivity index (χ4v) is 3.12. The number of pyridine rings is 1. The summed E-state index contributed by atoms with van der Waals surface area (Å²) in [7, 11) is 0. The van der Waals surface area contributed by atoms with E-state index in [1.165, 1.54) is 11.8 Å². The molecule has 0 bridgehead atoms. The summed E-state index contributed by atoms with van der Waals surface area (Å²) in [6, 6.07) is 9.60. The van der Waals surface area contributed by atoms with Crippen molar-refractivity contribution in [2.75, 3.05) is 13.2 Å². The van der Waals surface area contributed by atoms with E-state index in [-0.39, 0.29) is 0 Å². The highest BCUT2D eigenvalue weighted by Gasteiger charge is 2.14. The van der Waals surface area contributed by atoms with Gasteiger partial charge < -0.3 is 14.6 Å². The average Bonchev–Trinajstić information content (AvgIpc) is 2.72. The zero-order valence-corrected chi connectivity index (χ0v) is 12.6. The summed E-state index contributed by atoms with van der Waals surface area (Å²) in [5.41, 5.74) is 0.828. The molecule has 1 atom stereocenters. The Kier molecular flexibility index (Phi) is 4.31. The summed E-state index contributed by atoms with van der Waals surface area (Å²) in [6.07, 6.45) is 2.09. The van der Waals surface area contributed by atoms with Crippen LogP contribution in [0.1, 0.15) is 25.0 Å². The lowest BCUT2D eigenvalue weighted by atomic mass is 10.2. The van der Waals surface area contributed by atoms with Gasteiger partial charge in [0.05, 0.1) is 19.3 Å². The number of rotatable bonds is 3. The summed E-state index contributed by atoms with van der Waals surface area (Å²) in [5.74, 6) is 1.56. The van der Waals surface area contributed by atoms with Crippen LogP contribution in [0.15, 0.2) is 46.5 Å². The normalized spacial score (nSPS) is 15.3. The summed E-state index contributed by atoms with van der Waals surface area (Å²) in [5, 5.41) is 10.6. The molecule has 0 unspecified atom stereocenters. The molecule has 110 valence electrons. The molecule has 0 saturated heterocycles. The zero-order chi connectivity index (χ0) is 14.7. The van der Waals surface area contributed by atoms with Gasteiger partial charge in [-0.25, -0.2) is 4.98 Å². The van der Waals surface area contributed by atoms with Crippen LogP contribution in [0.25, 0.3) is 0 Å². The van der Waals surface area contributed by atoms with E-state index >= 15 is 0 Å². The SMILES string of the molecule is C[C@H](O)c1cccnc1Sc1ccc2c(c1)OCCCO2. The summed E-state index contributed by atoms with van der Waals surface area (Å²) in [4.78, 5) is 5.37. The van der Waals surface area contributed by atoms with E-state index in [1.807, 2.05) is 30.3 Å². The van der Waals surface area contributed by atoms with Gasteiger partial charge in [-0.2, -0.15) is 0 Å². The van der Waals surface area contributed by atoms with E-state index in [1.54, 1.807) is 13.1 Å². The standard InChI is InChI=1S/C16H17NO3S/c1-11(18)13-4-2-7-17-16(13)21-12-5-6-14-15(10-12)20-9-3-8-19-14/h2,4-7,10-11,18H,3,8-9H2,1H3/t11-/m0/s1. The predicted molar refractivity (Wildman–Crippen MR) is 81.0 cm³/mol. The molecule has 0 fully saturated rings. The van der Waals surface area contributed by atoms with Gasteiger partial charge in [-0.15, -0.1) is 0 Å². The van der Waals surface area contributed by atoms with Gasteiger partial charge in [-0.05, 0) is 31.2 Å². The molecule has 3 rings (SSSR count). The number of aliphatic hydroxyl groups excluding tert-OH is 1. The minimum absolute atomic E-state index is 0.540. The van der Waals surface area contributed by atoms with Gasteiger partial charge in [0.25, 0.3) is 0 Å². The first-order chi connectivity index (χ1) is 10.2. The number of aromatic nitrogens is 1. The first kappa shape index (κ1) is 14.2. The molecule has 1 aliphatic heterocycles. The van der Waals surface area contributed by atoms with Crippen LogP contribution < -0.4 is 9.47 Å². The number of nitrogens with zero attached hydrogens (tertiary/aromatic N) is 1. The number of fused-ring (bicyclic) bond motifs is 1. The van der Waals surface area contributed by atoms with Crippen LogP contribution >= 0.6 is 11.8 Å². The van der Waals surface area contributed by atoms with Gasteiger partial charge in [0.2, 0.25) is 0 Å². The third-order valence-electron chi connectivity index (χ3n) is 3.18. The Labute approximate surface area is 128 Å². The maximum atomic E-state index is 9.81. The van der Waals surface area contributed by atoms with E-state index in [0.29, 0.717) is 13.2 Å². The van der Waals surface area contributed by atoms with Gasteiger partial charge in [-0.1, -0.05) is 17.8 Å². The Hall–Kier alpha value is -1.72. The van der Waals surface area contributed by atoms with Crippen LogP contribution in [0.4, 0.5) is 0 Å². The first-order valence-corrected chi connectivity index (χ1v) is 7.76. The van der Waals surface area contributed by atoms with E-state index in [4.69, 9.17) is 9.47 Å². The Morgan fingerprint density at radius 3 is 2.81 bits per heavy atom. The van der Waals surface area contributed by atoms with E-state index in [2.05, 4.69) is 4.98 Å². The van der Waals surface area contributed by atoms with Crippen LogP contribution in [0.2, 0.25) is 0 Å². The fourth-order valence-electron chi connectivity index (χ4n) is 2.13. The van der Waals surface area contributed by atoms with Crippen LogP contribution in [0.3, 0.4) is 0 Å². The van der Waals surface area contributed by atoms with Crippen LogP contribution in [-0.2, 0) is 0 Å². The highest BCUT2D eigenvalue weighted by Crippen LogP contribution is 2.37. The number of aliphatic hydroxyl groups is 1. The van der Waals surface area contributed by atoms with E-state index in [9.17, 15) is 5.11 Å². The Morgan fingerprint density at radius 1 is 1.19 bits per heavy atom. The quantitative estimate of drug-likeness (QED) is 0.941. The molecule has 5 heteroatoms. The van der Waals surface area contributed by atoms with Crippen LogP contribution in [0.5, 0.6) is 11.5 Å². The summed E-state index contributed by atoms with van der Waals surface area (Å²) < 4.78 is 11.3. The molecule has 0 amide bonds. The van der Waals surface area contributed by atoms with Crippen molar-refractivity contribution in [2.45, 2.75) is 29.4 Å². The van der Waals surface area contributed by atoms with Crippen molar-refractivity contribution in [1.29, 1.82) is 0 Å². The molecule has 1 aromatic carbocycles. The molecule has 0 radical (unpaired) electrons. The van der Waals surface area contributed by atoms with E-state index in [0.717, 1.165) is 33.4 Å². The third-order valence-corrected chi connectivity index (χ3v) is 4.21. The van der Waals surface area contributed by atoms with Gasteiger partial charge in [0.1, 0.15) is 5.03 Å². The highest BCUT2D eigenvalue weighted by atomic mass is 32.2. The van der Waals surface area contributed by atoms with Gasteiger partial charge in [-0.3, -0.25) is 0 Å². The Bertz CT molecular complexity index is 631. The predicted octanol–water partition coefficient (Wildman–Crippen LogP) is 3.45. The monoisotopic (exact) mass is 303 g/mol. The topological polar surface area (TPSA) is 51.6 Å². The second kappa shape index (κ2) is 6.37. The molecule has 4 nitrogen and oxygen atoms in total. The molecule has 2 aromatic rings. The Balaban J connectivity index is 1.87. The number of hydrogen-bond donors (Lipinski definition) is 1. The Morgan fingerprint density at radius 2 is 2.00 bits per heavy atom. The lowest BCUT2D eigenvalue weighted by molar-refractivity contribution is 0.195. The molecule has 2 heterocycles. The number of benzene rings is 1. The number of hydrogen-bond acceptors (Lipinski definition) is 5. The molecule has 1 N–H and O–H groups in total. The molecular weight excluding hydrogens is 286 g/mol. The summed E-state index contributed by atoms with van der Waals surface area (Å²) in [6.45, 7) is 3.10. The molecule has 0 aliphatic carbocycles.